The van der Waals surface area contributed by atoms with Gasteiger partial charge in [0.2, 0.25) is 5.91 Å². The Kier molecular flexibility index (Phi) is 6.04. The molecule has 6 nitrogen and oxygen atoms in total. The van der Waals surface area contributed by atoms with Gasteiger partial charge >= 0.3 is 0 Å². The van der Waals surface area contributed by atoms with E-state index in [4.69, 9.17) is 9.72 Å². The van der Waals surface area contributed by atoms with Gasteiger partial charge in [-0.25, -0.2) is 14.4 Å². The molecule has 0 bridgehead atoms. The molecular formula is C22H27FN4O2. The Morgan fingerprint density at radius 2 is 2.10 bits per heavy atom. The molecule has 0 unspecified atom stereocenters. The molecule has 0 saturated carbocycles. The fourth-order valence-corrected chi connectivity index (χ4v) is 3.98. The number of rotatable bonds is 5. The van der Waals surface area contributed by atoms with Crippen molar-refractivity contribution in [3.8, 4) is 5.75 Å². The molecule has 1 aromatic heterocycles. The molecule has 4 rings (SSSR count). The number of amides is 1. The molecule has 29 heavy (non-hydrogen) atoms. The Balaban J connectivity index is 1.30. The van der Waals surface area contributed by atoms with Crippen LogP contribution in [0.3, 0.4) is 0 Å². The number of hydrogen-bond acceptors (Lipinski definition) is 5. The van der Waals surface area contributed by atoms with E-state index < -0.39 is 0 Å². The van der Waals surface area contributed by atoms with Crippen molar-refractivity contribution in [3.05, 3.63) is 53.4 Å². The average molecular weight is 398 g/mol. The molecule has 0 atom stereocenters. The van der Waals surface area contributed by atoms with Crippen LogP contribution in [-0.2, 0) is 17.8 Å². The zero-order valence-corrected chi connectivity index (χ0v) is 16.8. The Bertz CT molecular complexity index is 868. The number of likely N-dealkylation sites (tertiary alicyclic amines) is 1. The van der Waals surface area contributed by atoms with E-state index >= 15 is 0 Å². The molecule has 1 amide bonds. The summed E-state index contributed by atoms with van der Waals surface area (Å²) >= 11 is 0. The predicted molar refractivity (Wildman–Crippen MR) is 107 cm³/mol. The first-order chi connectivity index (χ1) is 14.1. The highest BCUT2D eigenvalue weighted by atomic mass is 19.1. The summed E-state index contributed by atoms with van der Waals surface area (Å²) in [5.74, 6) is 1.53. The lowest BCUT2D eigenvalue weighted by molar-refractivity contribution is -0.132. The third-order valence-electron chi connectivity index (χ3n) is 5.77. The van der Waals surface area contributed by atoms with E-state index in [1.165, 1.54) is 12.1 Å². The van der Waals surface area contributed by atoms with Gasteiger partial charge in [-0.2, -0.15) is 0 Å². The maximum absolute atomic E-state index is 13.2. The fraction of sp³-hybridized carbons (Fsp3) is 0.500. The van der Waals surface area contributed by atoms with Gasteiger partial charge in [-0.05, 0) is 45.1 Å². The summed E-state index contributed by atoms with van der Waals surface area (Å²) in [5, 5.41) is 0. The SMILES string of the molecule is CN1CCC(c2ncc3c(n2)CCN(C(=O)CCOc2cccc(F)c2)C3)CC1. The number of nitrogens with zero attached hydrogens (tertiary/aromatic N) is 4. The Morgan fingerprint density at radius 1 is 1.28 bits per heavy atom. The molecule has 0 spiro atoms. The molecule has 0 radical (unpaired) electrons. The van der Waals surface area contributed by atoms with Crippen molar-refractivity contribution in [1.29, 1.82) is 0 Å². The van der Waals surface area contributed by atoms with Gasteiger partial charge in [-0.1, -0.05) is 6.07 Å². The van der Waals surface area contributed by atoms with Gasteiger partial charge in [0.05, 0.1) is 18.7 Å². The van der Waals surface area contributed by atoms with E-state index in [1.54, 1.807) is 12.1 Å². The summed E-state index contributed by atoms with van der Waals surface area (Å²) in [6, 6.07) is 5.96. The summed E-state index contributed by atoms with van der Waals surface area (Å²) < 4.78 is 18.7. The lowest BCUT2D eigenvalue weighted by Gasteiger charge is -2.30. The summed E-state index contributed by atoms with van der Waals surface area (Å²) in [7, 11) is 2.15. The Labute approximate surface area is 170 Å². The highest BCUT2D eigenvalue weighted by Crippen LogP contribution is 2.26. The minimum absolute atomic E-state index is 0.0337. The van der Waals surface area contributed by atoms with Gasteiger partial charge < -0.3 is 14.5 Å². The number of aromatic nitrogens is 2. The summed E-state index contributed by atoms with van der Waals surface area (Å²) in [6.07, 6.45) is 5.13. The van der Waals surface area contributed by atoms with Crippen LogP contribution in [0.4, 0.5) is 4.39 Å². The number of hydrogen-bond donors (Lipinski definition) is 0. The number of benzene rings is 1. The molecular weight excluding hydrogens is 371 g/mol. The summed E-state index contributed by atoms with van der Waals surface area (Å²) in [4.78, 5) is 26.2. The van der Waals surface area contributed by atoms with Gasteiger partial charge in [0, 0.05) is 43.3 Å². The van der Waals surface area contributed by atoms with Crippen LogP contribution < -0.4 is 4.74 Å². The minimum atomic E-state index is -0.346. The van der Waals surface area contributed by atoms with Crippen LogP contribution in [0.2, 0.25) is 0 Å². The van der Waals surface area contributed by atoms with Crippen molar-refractivity contribution in [2.75, 3.05) is 33.3 Å². The maximum atomic E-state index is 13.2. The average Bonchev–Trinajstić information content (AvgIpc) is 2.73. The van der Waals surface area contributed by atoms with Crippen LogP contribution in [0.25, 0.3) is 0 Å². The number of carbonyl (C=O) groups is 1. The summed E-state index contributed by atoms with van der Waals surface area (Å²) in [5.41, 5.74) is 2.11. The van der Waals surface area contributed by atoms with Crippen molar-refractivity contribution in [1.82, 2.24) is 19.8 Å². The normalized spacial score (nSPS) is 17.8. The van der Waals surface area contributed by atoms with E-state index in [2.05, 4.69) is 16.9 Å². The van der Waals surface area contributed by atoms with E-state index in [0.717, 1.165) is 49.4 Å². The molecule has 1 fully saturated rings. The first-order valence-corrected chi connectivity index (χ1v) is 10.3. The number of ether oxygens (including phenoxy) is 1. The van der Waals surface area contributed by atoms with Crippen LogP contribution >= 0.6 is 0 Å². The smallest absolute Gasteiger partial charge is 0.226 e. The van der Waals surface area contributed by atoms with Crippen molar-refractivity contribution in [2.24, 2.45) is 0 Å². The molecule has 0 aliphatic carbocycles. The summed E-state index contributed by atoms with van der Waals surface area (Å²) in [6.45, 7) is 3.62. The molecule has 1 saturated heterocycles. The lowest BCUT2D eigenvalue weighted by atomic mass is 9.95. The van der Waals surface area contributed by atoms with Gasteiger partial charge in [0.15, 0.2) is 0 Å². The molecule has 0 N–H and O–H groups in total. The van der Waals surface area contributed by atoms with Crippen molar-refractivity contribution in [2.45, 2.75) is 38.1 Å². The predicted octanol–water partition coefficient (Wildman–Crippen LogP) is 2.78. The van der Waals surface area contributed by atoms with Crippen molar-refractivity contribution < 1.29 is 13.9 Å². The van der Waals surface area contributed by atoms with Crippen molar-refractivity contribution in [3.63, 3.8) is 0 Å². The van der Waals surface area contributed by atoms with Crippen LogP contribution in [0, 0.1) is 5.82 Å². The fourth-order valence-electron chi connectivity index (χ4n) is 3.98. The second-order valence-electron chi connectivity index (χ2n) is 7.90. The zero-order chi connectivity index (χ0) is 20.2. The van der Waals surface area contributed by atoms with Gasteiger partial charge in [-0.15, -0.1) is 0 Å². The largest absolute Gasteiger partial charge is 0.493 e. The topological polar surface area (TPSA) is 58.6 Å². The minimum Gasteiger partial charge on any atom is -0.493 e. The molecule has 2 aliphatic heterocycles. The van der Waals surface area contributed by atoms with E-state index in [0.29, 0.717) is 24.8 Å². The third-order valence-corrected chi connectivity index (χ3v) is 5.77. The molecule has 2 aromatic rings. The highest BCUT2D eigenvalue weighted by Gasteiger charge is 2.25. The standard InChI is InChI=1S/C22H27FN4O2/c1-26-9-5-16(6-10-26)22-24-14-17-15-27(11-7-20(17)25-22)21(28)8-12-29-19-4-2-3-18(23)13-19/h2-4,13-14,16H,5-12,15H2,1H3. The van der Waals surface area contributed by atoms with E-state index in [1.807, 2.05) is 11.1 Å². The first-order valence-electron chi connectivity index (χ1n) is 10.3. The van der Waals surface area contributed by atoms with Gasteiger partial charge in [-0.3, -0.25) is 4.79 Å². The lowest BCUT2D eigenvalue weighted by Crippen LogP contribution is -2.37. The molecule has 1 aromatic carbocycles. The Hall–Kier alpha value is -2.54. The van der Waals surface area contributed by atoms with Crippen molar-refractivity contribution >= 4 is 5.91 Å². The number of carbonyl (C=O) groups excluding carboxylic acids is 1. The quantitative estimate of drug-likeness (QED) is 0.775. The molecule has 7 heteroatoms. The van der Waals surface area contributed by atoms with Crippen LogP contribution in [0.15, 0.2) is 30.5 Å². The molecule has 3 heterocycles. The van der Waals surface area contributed by atoms with Gasteiger partial charge in [0.25, 0.3) is 0 Å². The second-order valence-corrected chi connectivity index (χ2v) is 7.90. The number of fused-ring (bicyclic) bond motifs is 1. The second kappa shape index (κ2) is 8.86. The van der Waals surface area contributed by atoms with Crippen LogP contribution in [0.5, 0.6) is 5.75 Å². The zero-order valence-electron chi connectivity index (χ0n) is 16.8. The first kappa shape index (κ1) is 19.8. The van der Waals surface area contributed by atoms with E-state index in [-0.39, 0.29) is 24.8 Å². The number of piperidine rings is 1. The number of halogens is 1. The molecule has 154 valence electrons. The highest BCUT2D eigenvalue weighted by molar-refractivity contribution is 5.76. The molecule has 2 aliphatic rings. The third kappa shape index (κ3) is 4.90. The van der Waals surface area contributed by atoms with Crippen LogP contribution in [-0.4, -0.2) is 59.0 Å². The van der Waals surface area contributed by atoms with Gasteiger partial charge in [0.1, 0.15) is 17.4 Å². The van der Waals surface area contributed by atoms with E-state index in [9.17, 15) is 9.18 Å². The monoisotopic (exact) mass is 398 g/mol. The maximum Gasteiger partial charge on any atom is 0.226 e. The Morgan fingerprint density at radius 3 is 2.90 bits per heavy atom. The van der Waals surface area contributed by atoms with Crippen LogP contribution in [0.1, 0.15) is 42.3 Å².